The fourth-order valence-electron chi connectivity index (χ4n) is 1.06. The zero-order valence-electron chi connectivity index (χ0n) is 5.83. The van der Waals surface area contributed by atoms with E-state index in [1.54, 1.807) is 11.8 Å². The molecule has 0 aromatic rings. The molecule has 1 amide bonds. The van der Waals surface area contributed by atoms with E-state index in [1.165, 1.54) is 0 Å². The Morgan fingerprint density at radius 2 is 2.50 bits per heavy atom. The van der Waals surface area contributed by atoms with Crippen LogP contribution in [0.1, 0.15) is 13.3 Å². The Labute approximate surface area is 64.0 Å². The number of carbonyl (C=O) groups is 1. The van der Waals surface area contributed by atoms with Gasteiger partial charge in [0, 0.05) is 5.25 Å². The molecule has 1 fully saturated rings. The summed E-state index contributed by atoms with van der Waals surface area (Å²) in [7, 11) is 0. The molecule has 0 saturated carbocycles. The maximum atomic E-state index is 10.7. The molecular weight excluding hydrogens is 150 g/mol. The van der Waals surface area contributed by atoms with Gasteiger partial charge < -0.3 is 10.8 Å². The van der Waals surface area contributed by atoms with Gasteiger partial charge in [0.2, 0.25) is 0 Å². The summed E-state index contributed by atoms with van der Waals surface area (Å²) in [5, 5.41) is 9.49. The zero-order valence-corrected chi connectivity index (χ0v) is 6.65. The smallest absolute Gasteiger partial charge is 0.250 e. The van der Waals surface area contributed by atoms with Crippen LogP contribution < -0.4 is 5.73 Å². The van der Waals surface area contributed by atoms with Gasteiger partial charge in [-0.2, -0.15) is 11.8 Å². The van der Waals surface area contributed by atoms with Crippen LogP contribution >= 0.6 is 11.8 Å². The fraction of sp³-hybridized carbons (Fsp3) is 0.833. The quantitative estimate of drug-likeness (QED) is 0.556. The van der Waals surface area contributed by atoms with Crippen molar-refractivity contribution in [1.82, 2.24) is 0 Å². The molecule has 3 nitrogen and oxygen atoms in total. The molecule has 3 N–H and O–H groups in total. The van der Waals surface area contributed by atoms with E-state index in [2.05, 4.69) is 0 Å². The molecule has 0 bridgehead atoms. The largest absolute Gasteiger partial charge is 0.379 e. The van der Waals surface area contributed by atoms with Gasteiger partial charge in [0.05, 0.1) is 0 Å². The van der Waals surface area contributed by atoms with Gasteiger partial charge in [-0.05, 0) is 19.1 Å². The molecule has 58 valence electrons. The van der Waals surface area contributed by atoms with Crippen molar-refractivity contribution >= 4 is 17.7 Å². The molecule has 1 rings (SSSR count). The molecule has 0 spiro atoms. The molecule has 0 radical (unpaired) electrons. The van der Waals surface area contributed by atoms with Crippen molar-refractivity contribution < 1.29 is 9.90 Å². The number of carbonyl (C=O) groups excluding carboxylic acids is 1. The second-order valence-electron chi connectivity index (χ2n) is 2.55. The van der Waals surface area contributed by atoms with Gasteiger partial charge in [-0.3, -0.25) is 4.79 Å². The molecule has 1 saturated heterocycles. The predicted molar refractivity (Wildman–Crippen MR) is 40.7 cm³/mol. The van der Waals surface area contributed by atoms with Gasteiger partial charge in [-0.15, -0.1) is 0 Å². The first-order chi connectivity index (χ1) is 4.57. The van der Waals surface area contributed by atoms with Gasteiger partial charge in [0.15, 0.2) is 5.60 Å². The maximum absolute atomic E-state index is 10.7. The first-order valence-electron chi connectivity index (χ1n) is 3.21. The molecule has 4 heteroatoms. The number of rotatable bonds is 1. The van der Waals surface area contributed by atoms with Crippen LogP contribution in [-0.4, -0.2) is 27.6 Å². The highest BCUT2D eigenvalue weighted by atomic mass is 32.2. The van der Waals surface area contributed by atoms with Crippen molar-refractivity contribution in [3.05, 3.63) is 0 Å². The van der Waals surface area contributed by atoms with E-state index in [0.29, 0.717) is 6.42 Å². The highest BCUT2D eigenvalue weighted by Gasteiger charge is 2.44. The zero-order chi connectivity index (χ0) is 7.78. The topological polar surface area (TPSA) is 63.3 Å². The van der Waals surface area contributed by atoms with Crippen molar-refractivity contribution in [3.8, 4) is 0 Å². The summed E-state index contributed by atoms with van der Waals surface area (Å²) in [6, 6.07) is 0. The SMILES string of the molecule is CC1SCCC1(O)C(N)=O. The third-order valence-corrected chi connectivity index (χ3v) is 3.28. The van der Waals surface area contributed by atoms with E-state index in [0.717, 1.165) is 5.75 Å². The number of nitrogens with two attached hydrogens (primary N) is 1. The van der Waals surface area contributed by atoms with Crippen LogP contribution in [0.2, 0.25) is 0 Å². The molecule has 1 aliphatic rings. The summed E-state index contributed by atoms with van der Waals surface area (Å²) in [6.45, 7) is 1.82. The highest BCUT2D eigenvalue weighted by molar-refractivity contribution is 8.00. The number of amides is 1. The standard InChI is InChI=1S/C6H11NO2S/c1-4-6(9,5(7)8)2-3-10-4/h4,9H,2-3H2,1H3,(H2,7,8). The van der Waals surface area contributed by atoms with Crippen LogP contribution in [0.25, 0.3) is 0 Å². The second-order valence-corrected chi connectivity index (χ2v) is 4.00. The van der Waals surface area contributed by atoms with E-state index in [-0.39, 0.29) is 5.25 Å². The Morgan fingerprint density at radius 3 is 2.70 bits per heavy atom. The average Bonchev–Trinajstić information content (AvgIpc) is 2.15. The number of hydrogen-bond donors (Lipinski definition) is 2. The summed E-state index contributed by atoms with van der Waals surface area (Å²) in [6.07, 6.45) is 0.494. The van der Waals surface area contributed by atoms with Crippen molar-refractivity contribution in [2.45, 2.75) is 24.2 Å². The lowest BCUT2D eigenvalue weighted by molar-refractivity contribution is -0.135. The Balaban J connectivity index is 2.75. The fourth-order valence-corrected chi connectivity index (χ4v) is 2.35. The van der Waals surface area contributed by atoms with Gasteiger partial charge in [0.1, 0.15) is 0 Å². The first-order valence-corrected chi connectivity index (χ1v) is 4.26. The predicted octanol–water partition coefficient (Wildman–Crippen LogP) is -0.272. The van der Waals surface area contributed by atoms with Crippen LogP contribution in [0.5, 0.6) is 0 Å². The van der Waals surface area contributed by atoms with Crippen LogP contribution in [0, 0.1) is 0 Å². The molecule has 1 aliphatic heterocycles. The van der Waals surface area contributed by atoms with Gasteiger partial charge in [0.25, 0.3) is 5.91 Å². The summed E-state index contributed by atoms with van der Waals surface area (Å²) >= 11 is 1.58. The van der Waals surface area contributed by atoms with Gasteiger partial charge in [-0.25, -0.2) is 0 Å². The summed E-state index contributed by atoms with van der Waals surface area (Å²) in [5.74, 6) is 0.227. The van der Waals surface area contributed by atoms with Crippen molar-refractivity contribution in [2.75, 3.05) is 5.75 Å². The summed E-state index contributed by atoms with van der Waals surface area (Å²) in [5.41, 5.74) is 3.77. The minimum atomic E-state index is -1.25. The Kier molecular flexibility index (Phi) is 1.92. The summed E-state index contributed by atoms with van der Waals surface area (Å²) in [4.78, 5) is 10.7. The third-order valence-electron chi connectivity index (χ3n) is 1.95. The Morgan fingerprint density at radius 1 is 1.90 bits per heavy atom. The van der Waals surface area contributed by atoms with Gasteiger partial charge >= 0.3 is 0 Å². The summed E-state index contributed by atoms with van der Waals surface area (Å²) < 4.78 is 0. The van der Waals surface area contributed by atoms with Crippen molar-refractivity contribution in [3.63, 3.8) is 0 Å². The van der Waals surface area contributed by atoms with Crippen LogP contribution in [0.15, 0.2) is 0 Å². The number of thioether (sulfide) groups is 1. The van der Waals surface area contributed by atoms with E-state index in [1.807, 2.05) is 6.92 Å². The van der Waals surface area contributed by atoms with Crippen LogP contribution in [0.3, 0.4) is 0 Å². The normalized spacial score (nSPS) is 40.0. The lowest BCUT2D eigenvalue weighted by Gasteiger charge is -2.21. The molecule has 0 aromatic heterocycles. The molecule has 2 unspecified atom stereocenters. The number of hydrogen-bond acceptors (Lipinski definition) is 3. The minimum Gasteiger partial charge on any atom is -0.379 e. The maximum Gasteiger partial charge on any atom is 0.250 e. The molecule has 10 heavy (non-hydrogen) atoms. The van der Waals surface area contributed by atoms with E-state index in [9.17, 15) is 9.90 Å². The molecule has 2 atom stereocenters. The molecule has 1 heterocycles. The van der Waals surface area contributed by atoms with Crippen molar-refractivity contribution in [1.29, 1.82) is 0 Å². The molecule has 0 aromatic carbocycles. The lowest BCUT2D eigenvalue weighted by Crippen LogP contribution is -2.47. The minimum absolute atomic E-state index is 0.0509. The average molecular weight is 161 g/mol. The van der Waals surface area contributed by atoms with Crippen molar-refractivity contribution in [2.24, 2.45) is 5.73 Å². The number of primary amides is 1. The Bertz CT molecular complexity index is 162. The Hall–Kier alpha value is -0.220. The highest BCUT2D eigenvalue weighted by Crippen LogP contribution is 2.34. The monoisotopic (exact) mass is 161 g/mol. The molecule has 0 aliphatic carbocycles. The van der Waals surface area contributed by atoms with E-state index in [4.69, 9.17) is 5.73 Å². The van der Waals surface area contributed by atoms with Crippen LogP contribution in [-0.2, 0) is 4.79 Å². The number of aliphatic hydroxyl groups is 1. The third kappa shape index (κ3) is 1.01. The van der Waals surface area contributed by atoms with Gasteiger partial charge in [-0.1, -0.05) is 0 Å². The molecular formula is C6H11NO2S. The van der Waals surface area contributed by atoms with E-state index < -0.39 is 11.5 Å². The second kappa shape index (κ2) is 2.43. The first kappa shape index (κ1) is 7.88. The van der Waals surface area contributed by atoms with E-state index >= 15 is 0 Å². The lowest BCUT2D eigenvalue weighted by atomic mass is 9.97. The van der Waals surface area contributed by atoms with Crippen LogP contribution in [0.4, 0.5) is 0 Å².